The molecule has 1 aromatic heterocycles. The number of hydrogen-bond acceptors (Lipinski definition) is 8. The minimum absolute atomic E-state index is 0.141. The number of azo groups is 1. The normalized spacial score (nSPS) is 11.8. The molecule has 0 amide bonds. The van der Waals surface area contributed by atoms with E-state index >= 15 is 0 Å². The molecular formula is C42H52N4O4. The maximum atomic E-state index is 12.7. The Morgan fingerprint density at radius 3 is 1.72 bits per heavy atom. The van der Waals surface area contributed by atoms with E-state index in [0.717, 1.165) is 31.2 Å². The summed E-state index contributed by atoms with van der Waals surface area (Å²) in [7, 11) is 0. The lowest BCUT2D eigenvalue weighted by Crippen LogP contribution is -2.15. The molecule has 0 saturated carbocycles. The SMILES string of the molecule is CCCCCCCCCCc1cnc(-c2ccc(N=Nc3ccc(C(=O)Oc4ccc(C(=O)O[C@@H](C)CCCCCC)cc4)cc3)cc2)nc1. The van der Waals surface area contributed by atoms with Crippen molar-refractivity contribution in [3.63, 3.8) is 0 Å². The number of nitrogens with zero attached hydrogens (tertiary/aromatic N) is 4. The van der Waals surface area contributed by atoms with Gasteiger partial charge in [0.15, 0.2) is 5.82 Å². The van der Waals surface area contributed by atoms with Crippen LogP contribution in [0.1, 0.15) is 131 Å². The highest BCUT2D eigenvalue weighted by Gasteiger charge is 2.14. The van der Waals surface area contributed by atoms with Gasteiger partial charge in [0.25, 0.3) is 0 Å². The third kappa shape index (κ3) is 13.3. The molecule has 0 fully saturated rings. The van der Waals surface area contributed by atoms with E-state index in [0.29, 0.717) is 34.1 Å². The molecule has 1 heterocycles. The summed E-state index contributed by atoms with van der Waals surface area (Å²) in [6, 6.07) is 20.7. The Bertz CT molecular complexity index is 1600. The Morgan fingerprint density at radius 1 is 0.620 bits per heavy atom. The zero-order chi connectivity index (χ0) is 35.4. The van der Waals surface area contributed by atoms with Gasteiger partial charge in [-0.3, -0.25) is 0 Å². The third-order valence-electron chi connectivity index (χ3n) is 8.61. The van der Waals surface area contributed by atoms with Crippen molar-refractivity contribution in [2.24, 2.45) is 10.2 Å². The molecule has 4 rings (SSSR count). The summed E-state index contributed by atoms with van der Waals surface area (Å²) in [4.78, 5) is 34.3. The van der Waals surface area contributed by atoms with Gasteiger partial charge in [-0.25, -0.2) is 19.6 Å². The lowest BCUT2D eigenvalue weighted by atomic mass is 10.1. The van der Waals surface area contributed by atoms with Gasteiger partial charge in [0.1, 0.15) is 5.75 Å². The molecular weight excluding hydrogens is 624 g/mol. The van der Waals surface area contributed by atoms with Gasteiger partial charge in [0.2, 0.25) is 0 Å². The summed E-state index contributed by atoms with van der Waals surface area (Å²) in [6.07, 6.45) is 20.6. The predicted molar refractivity (Wildman–Crippen MR) is 199 cm³/mol. The van der Waals surface area contributed by atoms with Crippen LogP contribution in [0.25, 0.3) is 11.4 Å². The van der Waals surface area contributed by atoms with E-state index in [1.54, 1.807) is 48.5 Å². The standard InChI is InChI=1S/C42H52N4O4/c1-4-6-8-10-11-12-13-15-17-33-30-43-40(44-31-33)34-18-24-37(25-19-34)45-46-38-26-20-35(21-27-38)42(48)50-39-28-22-36(23-29-39)41(47)49-32(3)16-14-9-7-5-2/h18-32H,4-17H2,1-3H3/t32-/m0/s1. The molecule has 0 unspecified atom stereocenters. The van der Waals surface area contributed by atoms with Crippen LogP contribution in [-0.2, 0) is 11.2 Å². The van der Waals surface area contributed by atoms with Crippen LogP contribution in [0.4, 0.5) is 11.4 Å². The van der Waals surface area contributed by atoms with Gasteiger partial charge < -0.3 is 9.47 Å². The highest BCUT2D eigenvalue weighted by atomic mass is 16.5. The second kappa shape index (κ2) is 21.4. The van der Waals surface area contributed by atoms with Crippen LogP contribution < -0.4 is 4.74 Å². The number of rotatable bonds is 21. The van der Waals surface area contributed by atoms with Crippen LogP contribution in [0.3, 0.4) is 0 Å². The molecule has 0 aliphatic rings. The van der Waals surface area contributed by atoms with Gasteiger partial charge in [0, 0.05) is 18.0 Å². The predicted octanol–water partition coefficient (Wildman–Crippen LogP) is 12.0. The van der Waals surface area contributed by atoms with Gasteiger partial charge in [0.05, 0.1) is 28.6 Å². The van der Waals surface area contributed by atoms with Crippen molar-refractivity contribution in [1.29, 1.82) is 0 Å². The van der Waals surface area contributed by atoms with Crippen LogP contribution in [-0.4, -0.2) is 28.0 Å². The number of esters is 2. The average Bonchev–Trinajstić information content (AvgIpc) is 3.14. The van der Waals surface area contributed by atoms with E-state index in [9.17, 15) is 9.59 Å². The molecule has 0 saturated heterocycles. The summed E-state index contributed by atoms with van der Waals surface area (Å²) in [5, 5.41) is 8.63. The quantitative estimate of drug-likeness (QED) is 0.0376. The number of carbonyl (C=O) groups is 2. The van der Waals surface area contributed by atoms with Crippen LogP contribution >= 0.6 is 0 Å². The number of unbranched alkanes of at least 4 members (excludes halogenated alkanes) is 10. The second-order valence-electron chi connectivity index (χ2n) is 12.9. The smallest absolute Gasteiger partial charge is 0.343 e. The largest absolute Gasteiger partial charge is 0.459 e. The van der Waals surface area contributed by atoms with Crippen molar-refractivity contribution in [2.75, 3.05) is 0 Å². The zero-order valence-corrected chi connectivity index (χ0v) is 30.0. The van der Waals surface area contributed by atoms with Crippen LogP contribution in [0.15, 0.2) is 95.4 Å². The number of carbonyl (C=O) groups excluding carboxylic acids is 2. The number of aromatic nitrogens is 2. The third-order valence-corrected chi connectivity index (χ3v) is 8.61. The molecule has 0 aliphatic carbocycles. The first-order chi connectivity index (χ1) is 24.4. The summed E-state index contributed by atoms with van der Waals surface area (Å²) in [5.41, 5.74) is 4.18. The first kappa shape index (κ1) is 38.1. The van der Waals surface area contributed by atoms with Crippen molar-refractivity contribution in [1.82, 2.24) is 9.97 Å². The van der Waals surface area contributed by atoms with Crippen LogP contribution in [0.5, 0.6) is 5.75 Å². The molecule has 0 N–H and O–H groups in total. The Hall–Kier alpha value is -4.72. The van der Waals surface area contributed by atoms with Gasteiger partial charge in [-0.2, -0.15) is 10.2 Å². The molecule has 264 valence electrons. The highest BCUT2D eigenvalue weighted by molar-refractivity contribution is 5.92. The number of hydrogen-bond donors (Lipinski definition) is 0. The molecule has 0 aliphatic heterocycles. The number of ether oxygens (including phenoxy) is 2. The van der Waals surface area contributed by atoms with Crippen molar-refractivity contribution in [3.05, 3.63) is 102 Å². The summed E-state index contributed by atoms with van der Waals surface area (Å²) < 4.78 is 11.0. The van der Waals surface area contributed by atoms with E-state index in [-0.39, 0.29) is 12.1 Å². The van der Waals surface area contributed by atoms with Gasteiger partial charge in [-0.05, 0) is 111 Å². The molecule has 0 bridgehead atoms. The topological polar surface area (TPSA) is 103 Å². The first-order valence-electron chi connectivity index (χ1n) is 18.4. The van der Waals surface area contributed by atoms with Crippen molar-refractivity contribution >= 4 is 23.3 Å². The van der Waals surface area contributed by atoms with Crippen LogP contribution in [0, 0.1) is 0 Å². The van der Waals surface area contributed by atoms with Gasteiger partial charge in [-0.15, -0.1) is 0 Å². The summed E-state index contributed by atoms with van der Waals surface area (Å²) in [5.74, 6) is 0.136. The maximum absolute atomic E-state index is 12.7. The zero-order valence-electron chi connectivity index (χ0n) is 30.0. The Balaban J connectivity index is 1.20. The van der Waals surface area contributed by atoms with Gasteiger partial charge in [-0.1, -0.05) is 78.1 Å². The lowest BCUT2D eigenvalue weighted by molar-refractivity contribution is 0.0319. The molecule has 1 atom stereocenters. The Labute approximate surface area is 297 Å². The molecule has 0 spiro atoms. The van der Waals surface area contributed by atoms with Crippen molar-refractivity contribution in [3.8, 4) is 17.1 Å². The van der Waals surface area contributed by atoms with Crippen molar-refractivity contribution in [2.45, 2.75) is 117 Å². The fourth-order valence-corrected chi connectivity index (χ4v) is 5.55. The highest BCUT2D eigenvalue weighted by Crippen LogP contribution is 2.24. The number of benzene rings is 3. The molecule has 4 aromatic rings. The van der Waals surface area contributed by atoms with E-state index < -0.39 is 5.97 Å². The average molecular weight is 677 g/mol. The Kier molecular flexibility index (Phi) is 16.3. The van der Waals surface area contributed by atoms with E-state index in [1.165, 1.54) is 69.8 Å². The van der Waals surface area contributed by atoms with E-state index in [4.69, 9.17) is 9.47 Å². The minimum Gasteiger partial charge on any atom is -0.459 e. The molecule has 3 aromatic carbocycles. The molecule has 8 nitrogen and oxygen atoms in total. The molecule has 0 radical (unpaired) electrons. The first-order valence-corrected chi connectivity index (χ1v) is 18.4. The number of aryl methyl sites for hydroxylation is 1. The second-order valence-corrected chi connectivity index (χ2v) is 12.9. The fourth-order valence-electron chi connectivity index (χ4n) is 5.55. The monoisotopic (exact) mass is 676 g/mol. The van der Waals surface area contributed by atoms with E-state index in [2.05, 4.69) is 34.0 Å². The maximum Gasteiger partial charge on any atom is 0.343 e. The lowest BCUT2D eigenvalue weighted by Gasteiger charge is -2.13. The van der Waals surface area contributed by atoms with Crippen molar-refractivity contribution < 1.29 is 19.1 Å². The summed E-state index contributed by atoms with van der Waals surface area (Å²) >= 11 is 0. The van der Waals surface area contributed by atoms with E-state index in [1.807, 2.05) is 43.6 Å². The Morgan fingerprint density at radius 2 is 1.12 bits per heavy atom. The molecule has 50 heavy (non-hydrogen) atoms. The minimum atomic E-state index is -0.511. The van der Waals surface area contributed by atoms with Gasteiger partial charge >= 0.3 is 11.9 Å². The summed E-state index contributed by atoms with van der Waals surface area (Å²) in [6.45, 7) is 6.34. The van der Waals surface area contributed by atoms with Crippen LogP contribution in [0.2, 0.25) is 0 Å². The fraction of sp³-hybridized carbons (Fsp3) is 0.429. The molecule has 8 heteroatoms.